The molecule has 1 saturated heterocycles. The second-order valence-corrected chi connectivity index (χ2v) is 21.3. The fourth-order valence-corrected chi connectivity index (χ4v) is 9.76. The number of nitrogens with one attached hydrogen (secondary N) is 2. The zero-order chi connectivity index (χ0) is 49.7. The molecule has 10 N–H and O–H groups in total. The Kier molecular flexibility index (Phi) is 24.7. The molecule has 2 unspecified atom stereocenters. The molecule has 0 spiro atoms. The van der Waals surface area contributed by atoms with E-state index in [1.807, 2.05) is 0 Å². The van der Waals surface area contributed by atoms with Gasteiger partial charge in [-0.2, -0.15) is 4.31 Å². The van der Waals surface area contributed by atoms with E-state index in [0.717, 1.165) is 61.1 Å². The number of nitrogen functional groups attached to an aromatic ring is 1. The number of aromatic nitrogens is 4. The standard InChI is InChI=1S/C39H64N7O17P3S/c1-4-5-6-7-8-9-10-11-12-13-14-15-16-17-18-19-30(48)67-23-22-41-29(47)20-21-42-37(51)34(50)39(2,3)25-60-66(57,58)63-65(55,56)59-24-28-33(62-64(52,53)54)32(49)38(61-28)46-27-45-31-35(40)43-26-44-36(31)46/h9-12,14-15,26-28,32-34,38,49-50H,4-8,13,16-25H2,1-3H3,(H,41,47)(H,42,51)(H,55,56)(H,57,58)(H2,40,43,44)(H2,52,53,54)/b10-9+,12-11-,15-14-/t28-,32-,33-,34+,38-/m1/s1. The van der Waals surface area contributed by atoms with E-state index < -0.39 is 84.6 Å². The number of phosphoric acid groups is 3. The Hall–Kier alpha value is -3.22. The SMILES string of the molecule is CCCCCC/C=C/C=C\C/C=C\CCCCC(=O)SCCNC(=O)CCNC(=O)[C@H](O)C(C)(C)COP(=O)(O)OP(=O)(O)OC[C@H]1O[C@@H](n2cnc3c(N)ncnc32)[C@H](O)[C@@H]1OP(=O)(O)O. The van der Waals surface area contributed by atoms with Gasteiger partial charge >= 0.3 is 23.5 Å². The maximum atomic E-state index is 12.7. The van der Waals surface area contributed by atoms with Crippen LogP contribution < -0.4 is 16.4 Å². The van der Waals surface area contributed by atoms with Crippen LogP contribution in [0.1, 0.15) is 97.6 Å². The number of thioether (sulfide) groups is 1. The summed E-state index contributed by atoms with van der Waals surface area (Å²) in [5.41, 5.74) is 4.27. The fraction of sp³-hybridized carbons (Fsp3) is 0.641. The lowest BCUT2D eigenvalue weighted by molar-refractivity contribution is -0.137. The number of rotatable bonds is 32. The first-order valence-corrected chi connectivity index (χ1v) is 27.1. The predicted octanol–water partition coefficient (Wildman–Crippen LogP) is 4.25. The summed E-state index contributed by atoms with van der Waals surface area (Å²) >= 11 is 1.12. The minimum absolute atomic E-state index is 0.0274. The van der Waals surface area contributed by atoms with Gasteiger partial charge in [-0.25, -0.2) is 28.6 Å². The molecular formula is C39H64N7O17P3S. The van der Waals surface area contributed by atoms with E-state index in [-0.39, 0.29) is 41.6 Å². The third-order valence-corrected chi connectivity index (χ3v) is 13.8. The molecule has 3 heterocycles. The molecular weight excluding hydrogens is 963 g/mol. The summed E-state index contributed by atoms with van der Waals surface area (Å²) < 4.78 is 62.4. The van der Waals surface area contributed by atoms with Crippen molar-refractivity contribution in [2.75, 3.05) is 37.8 Å². The number of imidazole rings is 1. The van der Waals surface area contributed by atoms with Crippen LogP contribution in [0.3, 0.4) is 0 Å². The molecule has 2 aromatic heterocycles. The number of nitrogens with zero attached hydrogens (tertiary/aromatic N) is 4. The monoisotopic (exact) mass is 1030 g/mol. The summed E-state index contributed by atoms with van der Waals surface area (Å²) in [6.45, 7) is 2.73. The summed E-state index contributed by atoms with van der Waals surface area (Å²) in [5, 5.41) is 26.6. The van der Waals surface area contributed by atoms with Gasteiger partial charge < -0.3 is 50.9 Å². The van der Waals surface area contributed by atoms with E-state index in [1.165, 1.54) is 39.5 Å². The lowest BCUT2D eigenvalue weighted by Crippen LogP contribution is -2.46. The van der Waals surface area contributed by atoms with Gasteiger partial charge in [0, 0.05) is 37.1 Å². The molecule has 2 aromatic rings. The summed E-state index contributed by atoms with van der Waals surface area (Å²) in [4.78, 5) is 88.3. The number of aliphatic hydroxyl groups is 2. The molecule has 1 aliphatic rings. The molecule has 28 heteroatoms. The summed E-state index contributed by atoms with van der Waals surface area (Å²) in [6.07, 6.45) is 15.8. The minimum Gasteiger partial charge on any atom is -0.386 e. The number of hydrogen-bond donors (Lipinski definition) is 9. The number of amides is 2. The lowest BCUT2D eigenvalue weighted by Gasteiger charge is -2.30. The van der Waals surface area contributed by atoms with Crippen molar-refractivity contribution in [1.82, 2.24) is 30.2 Å². The molecule has 0 radical (unpaired) electrons. The largest absolute Gasteiger partial charge is 0.481 e. The van der Waals surface area contributed by atoms with Crippen molar-refractivity contribution >= 4 is 69.1 Å². The van der Waals surface area contributed by atoms with Crippen LogP contribution in [0.2, 0.25) is 0 Å². The molecule has 67 heavy (non-hydrogen) atoms. The van der Waals surface area contributed by atoms with Gasteiger partial charge in [-0.3, -0.25) is 32.5 Å². The molecule has 1 fully saturated rings. The van der Waals surface area contributed by atoms with Crippen LogP contribution in [0.15, 0.2) is 49.1 Å². The first-order chi connectivity index (χ1) is 31.6. The van der Waals surface area contributed by atoms with Crippen molar-refractivity contribution in [3.05, 3.63) is 49.1 Å². The molecule has 378 valence electrons. The van der Waals surface area contributed by atoms with Crippen LogP contribution in [0.4, 0.5) is 5.82 Å². The zero-order valence-electron chi connectivity index (χ0n) is 37.6. The number of aliphatic hydroxyl groups excluding tert-OH is 2. The van der Waals surface area contributed by atoms with Crippen LogP contribution in [-0.2, 0) is 50.7 Å². The van der Waals surface area contributed by atoms with Crippen molar-refractivity contribution < 1.29 is 80.5 Å². The van der Waals surface area contributed by atoms with Crippen molar-refractivity contribution in [3.8, 4) is 0 Å². The maximum Gasteiger partial charge on any atom is 0.481 e. The van der Waals surface area contributed by atoms with Gasteiger partial charge in [0.05, 0.1) is 19.5 Å². The average Bonchev–Trinajstić information content (AvgIpc) is 3.81. The normalized spacial score (nSPS) is 20.4. The number of carbonyl (C=O) groups excluding carboxylic acids is 3. The number of anilines is 1. The van der Waals surface area contributed by atoms with Crippen LogP contribution in [-0.4, -0.2) is 123 Å². The first kappa shape index (κ1) is 58.1. The van der Waals surface area contributed by atoms with Gasteiger partial charge in [0.25, 0.3) is 0 Å². The van der Waals surface area contributed by atoms with Gasteiger partial charge in [-0.15, -0.1) is 0 Å². The zero-order valence-corrected chi connectivity index (χ0v) is 41.1. The molecule has 3 rings (SSSR count). The number of allylic oxidation sites excluding steroid dienone is 6. The Morgan fingerprint density at radius 3 is 2.36 bits per heavy atom. The van der Waals surface area contributed by atoms with Crippen LogP contribution in [0.5, 0.6) is 0 Å². The third kappa shape index (κ3) is 21.5. The van der Waals surface area contributed by atoms with E-state index in [9.17, 15) is 57.9 Å². The molecule has 0 aromatic carbocycles. The van der Waals surface area contributed by atoms with Crippen LogP contribution in [0, 0.1) is 5.41 Å². The van der Waals surface area contributed by atoms with Crippen molar-refractivity contribution in [3.63, 3.8) is 0 Å². The van der Waals surface area contributed by atoms with E-state index >= 15 is 0 Å². The highest BCUT2D eigenvalue weighted by Gasteiger charge is 2.50. The molecule has 0 saturated carbocycles. The average molecular weight is 1030 g/mol. The molecule has 1 aliphatic heterocycles. The van der Waals surface area contributed by atoms with Gasteiger partial charge in [-0.1, -0.05) is 88.3 Å². The van der Waals surface area contributed by atoms with Crippen LogP contribution in [0.25, 0.3) is 11.2 Å². The summed E-state index contributed by atoms with van der Waals surface area (Å²) in [5.74, 6) is -1.07. The smallest absolute Gasteiger partial charge is 0.386 e. The quantitative estimate of drug-likeness (QED) is 0.0214. The topological polar surface area (TPSA) is 364 Å². The van der Waals surface area contributed by atoms with E-state index in [4.69, 9.17) is 19.5 Å². The number of fused-ring (bicyclic) bond motifs is 1. The highest BCUT2D eigenvalue weighted by Crippen LogP contribution is 2.61. The molecule has 0 aliphatic carbocycles. The Bertz CT molecular complexity index is 2140. The second kappa shape index (κ2) is 28.4. The van der Waals surface area contributed by atoms with Gasteiger partial charge in [-0.05, 0) is 38.5 Å². The molecule has 2 amide bonds. The minimum atomic E-state index is -5.58. The number of phosphoric ester groups is 3. The van der Waals surface area contributed by atoms with Crippen molar-refractivity contribution in [1.29, 1.82) is 0 Å². The van der Waals surface area contributed by atoms with Gasteiger partial charge in [0.2, 0.25) is 11.8 Å². The highest BCUT2D eigenvalue weighted by molar-refractivity contribution is 8.13. The fourth-order valence-electron chi connectivity index (χ4n) is 6.21. The van der Waals surface area contributed by atoms with E-state index in [2.05, 4.69) is 77.8 Å². The Balaban J connectivity index is 1.32. The number of ether oxygens (including phenoxy) is 1. The summed E-state index contributed by atoms with van der Waals surface area (Å²) in [6, 6.07) is 0. The second-order valence-electron chi connectivity index (χ2n) is 15.9. The number of unbranched alkanes of at least 4 members (excludes halogenated alkanes) is 6. The molecule has 0 bridgehead atoms. The lowest BCUT2D eigenvalue weighted by atomic mass is 9.87. The number of nitrogens with two attached hydrogens (primary N) is 1. The Labute approximate surface area is 393 Å². The van der Waals surface area contributed by atoms with E-state index in [1.54, 1.807) is 0 Å². The summed E-state index contributed by atoms with van der Waals surface area (Å²) in [7, 11) is -16.4. The third-order valence-electron chi connectivity index (χ3n) is 9.81. The first-order valence-electron chi connectivity index (χ1n) is 21.6. The number of hydrogen-bond acceptors (Lipinski definition) is 18. The van der Waals surface area contributed by atoms with Crippen molar-refractivity contribution in [2.24, 2.45) is 5.41 Å². The predicted molar refractivity (Wildman–Crippen MR) is 246 cm³/mol. The van der Waals surface area contributed by atoms with Crippen molar-refractivity contribution in [2.45, 2.75) is 122 Å². The maximum absolute atomic E-state index is 12.7. The molecule has 7 atom stereocenters. The van der Waals surface area contributed by atoms with E-state index in [0.29, 0.717) is 12.2 Å². The van der Waals surface area contributed by atoms with Crippen LogP contribution >= 0.6 is 35.2 Å². The number of carbonyl (C=O) groups is 3. The Morgan fingerprint density at radius 1 is 0.925 bits per heavy atom. The highest BCUT2D eigenvalue weighted by atomic mass is 32.2. The Morgan fingerprint density at radius 2 is 1.63 bits per heavy atom. The van der Waals surface area contributed by atoms with Gasteiger partial charge in [0.1, 0.15) is 36.3 Å². The van der Waals surface area contributed by atoms with Gasteiger partial charge in [0.15, 0.2) is 22.8 Å². The molecule has 24 nitrogen and oxygen atoms in total.